The Labute approximate surface area is 156 Å². The van der Waals surface area contributed by atoms with Crippen LogP contribution >= 0.6 is 0 Å². The molecular formula is C24H16O3. The lowest BCUT2D eigenvalue weighted by atomic mass is 10.0. The molecule has 1 aliphatic carbocycles. The van der Waals surface area contributed by atoms with E-state index in [9.17, 15) is 9.90 Å². The number of fused-ring (bicyclic) bond motifs is 4. The standard InChI is InChI=1S/C24H16O3/c25-22-16-8-2-1-7-15(16)13-14-21(22)24(26)27-23-19-11-5-3-9-17(19)18-10-4-6-12-20(18)23/h1-14,23,25H. The molecule has 4 aromatic carbocycles. The fraction of sp³-hybridized carbons (Fsp3) is 0.0417. The fourth-order valence-electron chi connectivity index (χ4n) is 3.83. The molecule has 0 atom stereocenters. The molecule has 0 aliphatic heterocycles. The average Bonchev–Trinajstić information content (AvgIpc) is 3.03. The molecule has 0 radical (unpaired) electrons. The summed E-state index contributed by atoms with van der Waals surface area (Å²) in [5, 5.41) is 12.1. The molecule has 4 aromatic rings. The van der Waals surface area contributed by atoms with Gasteiger partial charge >= 0.3 is 5.97 Å². The predicted molar refractivity (Wildman–Crippen MR) is 105 cm³/mol. The lowest BCUT2D eigenvalue weighted by Gasteiger charge is -2.16. The van der Waals surface area contributed by atoms with Crippen molar-refractivity contribution in [3.63, 3.8) is 0 Å². The van der Waals surface area contributed by atoms with Gasteiger partial charge in [0.15, 0.2) is 6.10 Å². The average molecular weight is 352 g/mol. The van der Waals surface area contributed by atoms with Gasteiger partial charge in [-0.3, -0.25) is 0 Å². The van der Waals surface area contributed by atoms with Gasteiger partial charge < -0.3 is 9.84 Å². The number of aromatic hydroxyl groups is 1. The van der Waals surface area contributed by atoms with Crippen LogP contribution in [-0.4, -0.2) is 11.1 Å². The summed E-state index contributed by atoms with van der Waals surface area (Å²) in [5.74, 6) is -0.576. The van der Waals surface area contributed by atoms with Crippen LogP contribution in [0.15, 0.2) is 84.9 Å². The van der Waals surface area contributed by atoms with E-state index in [1.165, 1.54) is 0 Å². The molecule has 27 heavy (non-hydrogen) atoms. The molecule has 3 nitrogen and oxygen atoms in total. The third kappa shape index (κ3) is 2.40. The highest BCUT2D eigenvalue weighted by molar-refractivity contribution is 6.01. The molecule has 130 valence electrons. The predicted octanol–water partition coefficient (Wildman–Crippen LogP) is 5.47. The van der Waals surface area contributed by atoms with Crippen molar-refractivity contribution in [2.45, 2.75) is 6.10 Å². The van der Waals surface area contributed by atoms with Crippen molar-refractivity contribution in [1.82, 2.24) is 0 Å². The molecule has 0 unspecified atom stereocenters. The van der Waals surface area contributed by atoms with E-state index >= 15 is 0 Å². The molecule has 0 saturated heterocycles. The number of rotatable bonds is 2. The molecule has 3 heteroatoms. The van der Waals surface area contributed by atoms with Gasteiger partial charge in [-0.05, 0) is 22.6 Å². The highest BCUT2D eigenvalue weighted by Crippen LogP contribution is 2.45. The van der Waals surface area contributed by atoms with Crippen LogP contribution in [0.3, 0.4) is 0 Å². The molecule has 0 heterocycles. The number of carbonyl (C=O) groups excluding carboxylic acids is 1. The Morgan fingerprint density at radius 2 is 1.33 bits per heavy atom. The fourth-order valence-corrected chi connectivity index (χ4v) is 3.83. The van der Waals surface area contributed by atoms with Gasteiger partial charge in [0.25, 0.3) is 0 Å². The van der Waals surface area contributed by atoms with Crippen molar-refractivity contribution in [3.05, 3.63) is 102 Å². The van der Waals surface area contributed by atoms with E-state index in [0.717, 1.165) is 27.6 Å². The van der Waals surface area contributed by atoms with Gasteiger partial charge in [0.2, 0.25) is 0 Å². The number of benzene rings is 4. The van der Waals surface area contributed by atoms with E-state index in [1.54, 1.807) is 12.1 Å². The monoisotopic (exact) mass is 352 g/mol. The zero-order chi connectivity index (χ0) is 18.4. The van der Waals surface area contributed by atoms with Crippen LogP contribution in [0, 0.1) is 0 Å². The molecular weight excluding hydrogens is 336 g/mol. The van der Waals surface area contributed by atoms with Crippen molar-refractivity contribution >= 4 is 16.7 Å². The first-order valence-electron chi connectivity index (χ1n) is 8.84. The number of esters is 1. The van der Waals surface area contributed by atoms with Gasteiger partial charge in [-0.15, -0.1) is 0 Å². The van der Waals surface area contributed by atoms with Crippen LogP contribution in [0.2, 0.25) is 0 Å². The molecule has 5 rings (SSSR count). The highest BCUT2D eigenvalue weighted by Gasteiger charge is 2.32. The lowest BCUT2D eigenvalue weighted by molar-refractivity contribution is 0.0383. The van der Waals surface area contributed by atoms with E-state index in [0.29, 0.717) is 5.39 Å². The van der Waals surface area contributed by atoms with E-state index in [1.807, 2.05) is 72.8 Å². The number of hydrogen-bond acceptors (Lipinski definition) is 3. The first kappa shape index (κ1) is 15.6. The zero-order valence-electron chi connectivity index (χ0n) is 14.4. The first-order chi connectivity index (χ1) is 13.2. The Morgan fingerprint density at radius 1 is 0.741 bits per heavy atom. The number of phenols is 1. The first-order valence-corrected chi connectivity index (χ1v) is 8.84. The lowest BCUT2D eigenvalue weighted by Crippen LogP contribution is -2.11. The largest absolute Gasteiger partial charge is 0.506 e. The van der Waals surface area contributed by atoms with Crippen LogP contribution in [0.4, 0.5) is 0 Å². The molecule has 0 bridgehead atoms. The summed E-state index contributed by atoms with van der Waals surface area (Å²) in [6, 6.07) is 26.7. The molecule has 0 saturated carbocycles. The Kier molecular flexibility index (Phi) is 3.47. The number of ether oxygens (including phenoxy) is 1. The van der Waals surface area contributed by atoms with Gasteiger partial charge in [0.1, 0.15) is 11.3 Å². The maximum atomic E-state index is 12.9. The Morgan fingerprint density at radius 3 is 2.04 bits per heavy atom. The van der Waals surface area contributed by atoms with Crippen molar-refractivity contribution in [1.29, 1.82) is 0 Å². The van der Waals surface area contributed by atoms with E-state index in [2.05, 4.69) is 0 Å². The molecule has 0 amide bonds. The molecule has 1 N–H and O–H groups in total. The van der Waals surface area contributed by atoms with Crippen LogP contribution in [0.5, 0.6) is 5.75 Å². The maximum absolute atomic E-state index is 12.9. The smallest absolute Gasteiger partial charge is 0.342 e. The second-order valence-electron chi connectivity index (χ2n) is 6.64. The second kappa shape index (κ2) is 5.99. The Bertz CT molecular complexity index is 1150. The molecule has 0 aromatic heterocycles. The minimum Gasteiger partial charge on any atom is -0.506 e. The van der Waals surface area contributed by atoms with Crippen molar-refractivity contribution in [2.24, 2.45) is 0 Å². The molecule has 0 spiro atoms. The third-order valence-corrected chi connectivity index (χ3v) is 5.12. The summed E-state index contributed by atoms with van der Waals surface area (Å²) in [6.07, 6.45) is -0.476. The summed E-state index contributed by atoms with van der Waals surface area (Å²) in [6.45, 7) is 0. The summed E-state index contributed by atoms with van der Waals surface area (Å²) in [7, 11) is 0. The minimum absolute atomic E-state index is 0.0438. The Hall–Kier alpha value is -3.59. The van der Waals surface area contributed by atoms with Gasteiger partial charge in [0, 0.05) is 16.5 Å². The van der Waals surface area contributed by atoms with Crippen LogP contribution < -0.4 is 0 Å². The maximum Gasteiger partial charge on any atom is 0.342 e. The minimum atomic E-state index is -0.533. The van der Waals surface area contributed by atoms with Gasteiger partial charge in [-0.25, -0.2) is 4.79 Å². The third-order valence-electron chi connectivity index (χ3n) is 5.12. The quantitative estimate of drug-likeness (QED) is 0.487. The number of carbonyl (C=O) groups is 1. The van der Waals surface area contributed by atoms with Gasteiger partial charge in [-0.1, -0.05) is 78.9 Å². The Balaban J connectivity index is 1.56. The molecule has 1 aliphatic rings. The van der Waals surface area contributed by atoms with Gasteiger partial charge in [-0.2, -0.15) is 0 Å². The highest BCUT2D eigenvalue weighted by atomic mass is 16.5. The molecule has 0 fully saturated rings. The number of phenolic OH excluding ortho intramolecular Hbond substituents is 1. The van der Waals surface area contributed by atoms with E-state index < -0.39 is 12.1 Å². The van der Waals surface area contributed by atoms with Gasteiger partial charge in [0.05, 0.1) is 0 Å². The van der Waals surface area contributed by atoms with Crippen LogP contribution in [0.25, 0.3) is 21.9 Å². The summed E-state index contributed by atoms with van der Waals surface area (Å²) in [4.78, 5) is 12.9. The van der Waals surface area contributed by atoms with Crippen molar-refractivity contribution in [2.75, 3.05) is 0 Å². The van der Waals surface area contributed by atoms with Crippen molar-refractivity contribution < 1.29 is 14.6 Å². The second-order valence-corrected chi connectivity index (χ2v) is 6.64. The summed E-state index contributed by atoms with van der Waals surface area (Å²) >= 11 is 0. The number of hydrogen-bond donors (Lipinski definition) is 1. The topological polar surface area (TPSA) is 46.5 Å². The normalized spacial score (nSPS) is 12.6. The summed E-state index contributed by atoms with van der Waals surface area (Å²) in [5.41, 5.74) is 4.26. The van der Waals surface area contributed by atoms with Crippen molar-refractivity contribution in [3.8, 4) is 16.9 Å². The van der Waals surface area contributed by atoms with Crippen LogP contribution in [0.1, 0.15) is 27.6 Å². The SMILES string of the molecule is O=C(OC1c2ccccc2-c2ccccc21)c1ccc2ccccc2c1O. The zero-order valence-corrected chi connectivity index (χ0v) is 14.4. The van der Waals surface area contributed by atoms with Crippen LogP contribution in [-0.2, 0) is 4.74 Å². The van der Waals surface area contributed by atoms with E-state index in [4.69, 9.17) is 4.74 Å². The van der Waals surface area contributed by atoms with E-state index in [-0.39, 0.29) is 11.3 Å². The summed E-state index contributed by atoms with van der Waals surface area (Å²) < 4.78 is 5.88.